The molecular weight excluding hydrogens is 186 g/mol. The van der Waals surface area contributed by atoms with Crippen LogP contribution in [0.1, 0.15) is 20.3 Å². The Balaban J connectivity index is 0. The second-order valence-corrected chi connectivity index (χ2v) is 5.57. The summed E-state index contributed by atoms with van der Waals surface area (Å²) in [5.41, 5.74) is 0. The van der Waals surface area contributed by atoms with E-state index in [4.69, 9.17) is 0 Å². The molecule has 2 unspecified atom stereocenters. The Morgan fingerprint density at radius 1 is 1.40 bits per heavy atom. The Bertz CT molecular complexity index is 78.0. The van der Waals surface area contributed by atoms with Crippen molar-refractivity contribution < 1.29 is 0 Å². The Labute approximate surface area is 77.7 Å². The zero-order chi connectivity index (χ0) is 5.98. The third-order valence-corrected chi connectivity index (χ3v) is 4.88. The molecule has 0 spiro atoms. The Kier molecular flexibility index (Phi) is 9.11. The van der Waals surface area contributed by atoms with Crippen LogP contribution in [0.3, 0.4) is 0 Å². The van der Waals surface area contributed by atoms with Gasteiger partial charge in [-0.1, -0.05) is 13.8 Å². The van der Waals surface area contributed by atoms with E-state index < -0.39 is 0 Å². The van der Waals surface area contributed by atoms with E-state index in [9.17, 15) is 0 Å². The van der Waals surface area contributed by atoms with Gasteiger partial charge in [-0.3, -0.25) is 0 Å². The van der Waals surface area contributed by atoms with E-state index in [0.717, 1.165) is 5.92 Å². The molecule has 0 amide bonds. The van der Waals surface area contributed by atoms with Crippen LogP contribution in [0.4, 0.5) is 0 Å². The van der Waals surface area contributed by atoms with Gasteiger partial charge < -0.3 is 0 Å². The quantitative estimate of drug-likeness (QED) is 0.573. The van der Waals surface area contributed by atoms with Gasteiger partial charge in [0.15, 0.2) is 0 Å². The Morgan fingerprint density at radius 3 is 2.20 bits per heavy atom. The van der Waals surface area contributed by atoms with E-state index in [1.54, 1.807) is 12.3 Å². The van der Waals surface area contributed by atoms with Crippen LogP contribution in [-0.2, 0) is 0 Å². The fraction of sp³-hybridized carbons (Fsp3) is 1.00. The zero-order valence-electron chi connectivity index (χ0n) is 6.67. The predicted molar refractivity (Wildman–Crippen MR) is 55.5 cm³/mol. The summed E-state index contributed by atoms with van der Waals surface area (Å²) in [5, 5.41) is 0. The first-order valence-electron chi connectivity index (χ1n) is 3.55. The first-order valence-corrected chi connectivity index (χ1v) is 5.45. The van der Waals surface area contributed by atoms with Crippen molar-refractivity contribution >= 4 is 32.7 Å². The smallest absolute Gasteiger partial charge is 0.0300 e. The van der Waals surface area contributed by atoms with Crippen LogP contribution >= 0.6 is 32.7 Å². The number of hydrogen-bond acceptors (Lipinski definition) is 0. The molecular formula is C7H17Cl2P. The van der Waals surface area contributed by atoms with Crippen molar-refractivity contribution in [1.29, 1.82) is 0 Å². The predicted octanol–water partition coefficient (Wildman–Crippen LogP) is 3.37. The van der Waals surface area contributed by atoms with Gasteiger partial charge >= 0.3 is 0 Å². The molecule has 0 aromatic heterocycles. The number of rotatable bonds is 1. The fourth-order valence-corrected chi connectivity index (χ4v) is 3.94. The summed E-state index contributed by atoms with van der Waals surface area (Å²) in [6.45, 7) is 4.72. The molecule has 2 atom stereocenters. The highest BCUT2D eigenvalue weighted by Crippen LogP contribution is 2.45. The first kappa shape index (κ1) is 13.6. The normalized spacial score (nSPS) is 30.6. The SMILES string of the molecule is CCP1CCC(C)C1.Cl.Cl. The van der Waals surface area contributed by atoms with Gasteiger partial charge in [0.25, 0.3) is 0 Å². The summed E-state index contributed by atoms with van der Waals surface area (Å²) in [4.78, 5) is 0. The maximum atomic E-state index is 2.39. The summed E-state index contributed by atoms with van der Waals surface area (Å²) in [6, 6.07) is 0. The van der Waals surface area contributed by atoms with Crippen LogP contribution < -0.4 is 0 Å². The molecule has 1 heterocycles. The molecule has 3 heteroatoms. The second kappa shape index (κ2) is 6.70. The van der Waals surface area contributed by atoms with Crippen molar-refractivity contribution in [2.45, 2.75) is 20.3 Å². The molecule has 0 nitrogen and oxygen atoms in total. The van der Waals surface area contributed by atoms with Crippen LogP contribution in [0.2, 0.25) is 0 Å². The summed E-state index contributed by atoms with van der Waals surface area (Å²) < 4.78 is 0. The Hall–Kier alpha value is 1.01. The van der Waals surface area contributed by atoms with E-state index >= 15 is 0 Å². The monoisotopic (exact) mass is 202 g/mol. The summed E-state index contributed by atoms with van der Waals surface area (Å²) in [5.74, 6) is 1.06. The molecule has 0 N–H and O–H groups in total. The molecule has 1 aliphatic heterocycles. The van der Waals surface area contributed by atoms with Crippen molar-refractivity contribution in [3.8, 4) is 0 Å². The molecule has 1 rings (SSSR count). The largest absolute Gasteiger partial charge is 0.147 e. The van der Waals surface area contributed by atoms with Gasteiger partial charge in [0.2, 0.25) is 0 Å². The Morgan fingerprint density at radius 2 is 2.00 bits per heavy atom. The lowest BCUT2D eigenvalue weighted by atomic mass is 10.2. The molecule has 0 aromatic rings. The highest BCUT2D eigenvalue weighted by atomic mass is 35.5. The first-order chi connectivity index (χ1) is 3.83. The van der Waals surface area contributed by atoms with Gasteiger partial charge in [0.1, 0.15) is 0 Å². The maximum Gasteiger partial charge on any atom is -0.0300 e. The van der Waals surface area contributed by atoms with Crippen LogP contribution in [0, 0.1) is 5.92 Å². The van der Waals surface area contributed by atoms with Crippen molar-refractivity contribution in [1.82, 2.24) is 0 Å². The fourth-order valence-electron chi connectivity index (χ4n) is 1.31. The topological polar surface area (TPSA) is 0 Å². The average molecular weight is 203 g/mol. The van der Waals surface area contributed by atoms with Crippen LogP contribution in [-0.4, -0.2) is 18.5 Å². The van der Waals surface area contributed by atoms with Crippen LogP contribution in [0.5, 0.6) is 0 Å². The van der Waals surface area contributed by atoms with E-state index in [1.165, 1.54) is 12.6 Å². The van der Waals surface area contributed by atoms with Gasteiger partial charge in [-0.15, -0.1) is 32.7 Å². The van der Waals surface area contributed by atoms with Gasteiger partial charge in [0, 0.05) is 0 Å². The average Bonchev–Trinajstić information content (AvgIpc) is 2.14. The van der Waals surface area contributed by atoms with E-state index in [2.05, 4.69) is 13.8 Å². The van der Waals surface area contributed by atoms with E-state index in [0.29, 0.717) is 7.92 Å². The second-order valence-electron chi connectivity index (χ2n) is 2.79. The van der Waals surface area contributed by atoms with Crippen LogP contribution in [0.25, 0.3) is 0 Å². The van der Waals surface area contributed by atoms with Crippen LogP contribution in [0.15, 0.2) is 0 Å². The minimum absolute atomic E-state index is 0. The minimum atomic E-state index is 0. The van der Waals surface area contributed by atoms with Gasteiger partial charge in [0.05, 0.1) is 0 Å². The molecule has 0 bridgehead atoms. The van der Waals surface area contributed by atoms with Gasteiger partial charge in [-0.25, -0.2) is 0 Å². The van der Waals surface area contributed by atoms with Gasteiger partial charge in [-0.05, 0) is 30.8 Å². The zero-order valence-corrected chi connectivity index (χ0v) is 9.20. The summed E-state index contributed by atoms with van der Waals surface area (Å²) >= 11 is 0. The third kappa shape index (κ3) is 4.01. The standard InChI is InChI=1S/C7H15P.2ClH/c1-3-8-5-4-7(2)6-8;;/h7H,3-6H2,1-2H3;2*1H. The lowest BCUT2D eigenvalue weighted by Crippen LogP contribution is -1.87. The molecule has 1 saturated heterocycles. The number of hydrogen-bond donors (Lipinski definition) is 0. The maximum absolute atomic E-state index is 2.39. The molecule has 0 aliphatic carbocycles. The van der Waals surface area contributed by atoms with Gasteiger partial charge in [-0.2, -0.15) is 0 Å². The van der Waals surface area contributed by atoms with E-state index in [1.807, 2.05) is 0 Å². The van der Waals surface area contributed by atoms with Crippen molar-refractivity contribution in [2.24, 2.45) is 5.92 Å². The molecule has 0 aromatic carbocycles. The van der Waals surface area contributed by atoms with Crippen molar-refractivity contribution in [2.75, 3.05) is 18.5 Å². The molecule has 0 radical (unpaired) electrons. The molecule has 10 heavy (non-hydrogen) atoms. The molecule has 0 saturated carbocycles. The minimum Gasteiger partial charge on any atom is -0.147 e. The summed E-state index contributed by atoms with van der Waals surface area (Å²) in [6.07, 6.45) is 6.11. The van der Waals surface area contributed by atoms with E-state index in [-0.39, 0.29) is 24.8 Å². The highest BCUT2D eigenvalue weighted by Gasteiger charge is 2.17. The lowest BCUT2D eigenvalue weighted by molar-refractivity contribution is 0.669. The molecule has 1 aliphatic rings. The van der Waals surface area contributed by atoms with Crippen molar-refractivity contribution in [3.05, 3.63) is 0 Å². The third-order valence-electron chi connectivity index (χ3n) is 1.96. The lowest BCUT2D eigenvalue weighted by Gasteiger charge is -2.03. The summed E-state index contributed by atoms with van der Waals surface area (Å²) in [7, 11) is 0.518. The molecule has 1 fully saturated rings. The van der Waals surface area contributed by atoms with Crippen molar-refractivity contribution in [3.63, 3.8) is 0 Å². The highest BCUT2D eigenvalue weighted by molar-refractivity contribution is 7.57. The molecule has 64 valence electrons. The number of halogens is 2.